The summed E-state index contributed by atoms with van der Waals surface area (Å²) < 4.78 is 3.72. The van der Waals surface area contributed by atoms with Crippen LogP contribution >= 0.6 is 0 Å². The van der Waals surface area contributed by atoms with Gasteiger partial charge in [0.05, 0.1) is 29.2 Å². The van der Waals surface area contributed by atoms with Gasteiger partial charge in [-0.15, -0.1) is 0 Å². The van der Waals surface area contributed by atoms with Crippen LogP contribution in [0.2, 0.25) is 0 Å². The van der Waals surface area contributed by atoms with Crippen LogP contribution < -0.4 is 9.80 Å². The number of anilines is 2. The number of ketones is 1. The number of aromatic nitrogens is 7. The molecular weight excluding hydrogens is 442 g/mol. The van der Waals surface area contributed by atoms with Crippen molar-refractivity contribution < 1.29 is 4.79 Å². The van der Waals surface area contributed by atoms with Gasteiger partial charge in [0.25, 0.3) is 0 Å². The first-order chi connectivity index (χ1) is 17.2. The minimum atomic E-state index is -0.179. The van der Waals surface area contributed by atoms with E-state index in [0.717, 1.165) is 48.5 Å². The van der Waals surface area contributed by atoms with Crippen LogP contribution in [0.3, 0.4) is 0 Å². The molecule has 0 atom stereocenters. The lowest BCUT2D eigenvalue weighted by atomic mass is 10.1. The highest BCUT2D eigenvalue weighted by molar-refractivity contribution is 6.07. The standard InChI is InChI=1S/C25H23N9O/c1-31-16-20(14-29-31)18-5-6-22-23(15-30-34(22)17-18)32-8-10-33(11-9-32)25-27-12-19(13-28-25)24(35)21-4-2-3-7-26-21/h2-7,12-17H,8-11H2,1H3. The second kappa shape index (κ2) is 8.64. The molecule has 1 saturated heterocycles. The summed E-state index contributed by atoms with van der Waals surface area (Å²) in [6, 6.07) is 9.48. The zero-order valence-corrected chi connectivity index (χ0v) is 19.2. The number of aryl methyl sites for hydroxylation is 1. The van der Waals surface area contributed by atoms with E-state index in [2.05, 4.69) is 47.1 Å². The lowest BCUT2D eigenvalue weighted by Gasteiger charge is -2.35. The average Bonchev–Trinajstić information content (AvgIpc) is 3.55. The molecule has 0 aromatic carbocycles. The Morgan fingerprint density at radius 2 is 1.60 bits per heavy atom. The summed E-state index contributed by atoms with van der Waals surface area (Å²) in [5, 5.41) is 8.84. The number of piperazine rings is 1. The number of pyridine rings is 2. The average molecular weight is 466 g/mol. The smallest absolute Gasteiger partial charge is 0.225 e. The van der Waals surface area contributed by atoms with Gasteiger partial charge < -0.3 is 9.80 Å². The second-order valence-corrected chi connectivity index (χ2v) is 8.47. The van der Waals surface area contributed by atoms with Crippen molar-refractivity contribution in [2.45, 2.75) is 0 Å². The van der Waals surface area contributed by atoms with Crippen molar-refractivity contribution in [3.8, 4) is 11.1 Å². The fourth-order valence-electron chi connectivity index (χ4n) is 4.35. The molecule has 35 heavy (non-hydrogen) atoms. The zero-order chi connectivity index (χ0) is 23.8. The van der Waals surface area contributed by atoms with Crippen LogP contribution in [-0.2, 0) is 7.05 Å². The van der Waals surface area contributed by atoms with E-state index in [4.69, 9.17) is 0 Å². The maximum Gasteiger partial charge on any atom is 0.225 e. The molecule has 10 nitrogen and oxygen atoms in total. The molecular formula is C25H23N9O. The Bertz CT molecular complexity index is 1480. The highest BCUT2D eigenvalue weighted by atomic mass is 16.1. The molecule has 0 bridgehead atoms. The Labute approximate surface area is 201 Å². The quantitative estimate of drug-likeness (QED) is 0.365. The van der Waals surface area contributed by atoms with Crippen LogP contribution in [0.4, 0.5) is 11.6 Å². The van der Waals surface area contributed by atoms with Crippen molar-refractivity contribution in [2.24, 2.45) is 7.05 Å². The minimum Gasteiger partial charge on any atom is -0.365 e. The molecule has 0 radical (unpaired) electrons. The molecule has 0 spiro atoms. The van der Waals surface area contributed by atoms with Gasteiger partial charge in [0.15, 0.2) is 0 Å². The molecule has 1 fully saturated rings. The first-order valence-electron chi connectivity index (χ1n) is 11.4. The number of fused-ring (bicyclic) bond motifs is 1. The van der Waals surface area contributed by atoms with Gasteiger partial charge >= 0.3 is 0 Å². The van der Waals surface area contributed by atoms with Gasteiger partial charge in [0.1, 0.15) is 5.69 Å². The number of hydrogen-bond acceptors (Lipinski definition) is 8. The highest BCUT2D eigenvalue weighted by Gasteiger charge is 2.22. The molecule has 5 aromatic rings. The minimum absolute atomic E-state index is 0.179. The van der Waals surface area contributed by atoms with E-state index >= 15 is 0 Å². The maximum atomic E-state index is 12.5. The zero-order valence-electron chi connectivity index (χ0n) is 19.2. The lowest BCUT2D eigenvalue weighted by molar-refractivity contribution is 0.103. The van der Waals surface area contributed by atoms with E-state index in [1.165, 1.54) is 0 Å². The third kappa shape index (κ3) is 3.99. The predicted molar refractivity (Wildman–Crippen MR) is 132 cm³/mol. The fourth-order valence-corrected chi connectivity index (χ4v) is 4.35. The molecule has 0 aliphatic carbocycles. The molecule has 5 aromatic heterocycles. The van der Waals surface area contributed by atoms with E-state index in [0.29, 0.717) is 17.2 Å². The fraction of sp³-hybridized carbons (Fsp3) is 0.200. The summed E-state index contributed by atoms with van der Waals surface area (Å²) in [5.74, 6) is 0.449. The Kier molecular flexibility index (Phi) is 5.17. The first-order valence-corrected chi connectivity index (χ1v) is 11.4. The van der Waals surface area contributed by atoms with E-state index in [1.54, 1.807) is 41.5 Å². The van der Waals surface area contributed by atoms with Gasteiger partial charge in [0, 0.05) is 75.3 Å². The lowest BCUT2D eigenvalue weighted by Crippen LogP contribution is -2.47. The number of nitrogens with zero attached hydrogens (tertiary/aromatic N) is 9. The van der Waals surface area contributed by atoms with Crippen molar-refractivity contribution in [1.82, 2.24) is 34.3 Å². The monoisotopic (exact) mass is 465 g/mol. The van der Waals surface area contributed by atoms with E-state index in [-0.39, 0.29) is 5.78 Å². The molecule has 1 aliphatic heterocycles. The summed E-state index contributed by atoms with van der Waals surface area (Å²) >= 11 is 0. The van der Waals surface area contributed by atoms with Gasteiger partial charge in [-0.25, -0.2) is 14.5 Å². The Hall–Kier alpha value is -4.60. The van der Waals surface area contributed by atoms with Crippen molar-refractivity contribution >= 4 is 22.9 Å². The van der Waals surface area contributed by atoms with Gasteiger partial charge in [-0.1, -0.05) is 12.1 Å². The SMILES string of the molecule is Cn1cc(-c2ccc3c(N4CCN(c5ncc(C(=O)c6ccccn6)cn5)CC4)cnn3c2)cn1. The second-order valence-electron chi connectivity index (χ2n) is 8.47. The Balaban J connectivity index is 1.13. The number of carbonyl (C=O) groups is 1. The molecule has 10 heteroatoms. The summed E-state index contributed by atoms with van der Waals surface area (Å²) in [5.41, 5.74) is 5.14. The van der Waals surface area contributed by atoms with E-state index in [9.17, 15) is 4.79 Å². The summed E-state index contributed by atoms with van der Waals surface area (Å²) in [6.45, 7) is 3.20. The van der Waals surface area contributed by atoms with Crippen LogP contribution in [0, 0.1) is 0 Å². The van der Waals surface area contributed by atoms with Gasteiger partial charge in [-0.05, 0) is 18.2 Å². The molecule has 0 unspecified atom stereocenters. The summed E-state index contributed by atoms with van der Waals surface area (Å²) in [4.78, 5) is 30.0. The number of hydrogen-bond donors (Lipinski definition) is 0. The van der Waals surface area contributed by atoms with Gasteiger partial charge in [-0.3, -0.25) is 14.5 Å². The molecule has 6 rings (SSSR count). The van der Waals surface area contributed by atoms with Crippen LogP contribution in [0.1, 0.15) is 16.1 Å². The van der Waals surface area contributed by atoms with Crippen molar-refractivity contribution in [3.05, 3.63) is 85.0 Å². The Morgan fingerprint density at radius 3 is 2.31 bits per heavy atom. The van der Waals surface area contributed by atoms with Crippen LogP contribution in [-0.4, -0.2) is 66.3 Å². The highest BCUT2D eigenvalue weighted by Crippen LogP contribution is 2.26. The van der Waals surface area contributed by atoms with Gasteiger partial charge in [0.2, 0.25) is 11.7 Å². The normalized spacial score (nSPS) is 14.0. The number of carbonyl (C=O) groups excluding carboxylic acids is 1. The first kappa shape index (κ1) is 21.0. The molecule has 174 valence electrons. The number of rotatable bonds is 5. The Morgan fingerprint density at radius 1 is 0.800 bits per heavy atom. The molecule has 6 heterocycles. The van der Waals surface area contributed by atoms with Crippen LogP contribution in [0.15, 0.2) is 73.7 Å². The van der Waals surface area contributed by atoms with Crippen LogP contribution in [0.5, 0.6) is 0 Å². The van der Waals surface area contributed by atoms with Crippen molar-refractivity contribution in [3.63, 3.8) is 0 Å². The topological polar surface area (TPSA) is 97.3 Å². The third-order valence-corrected chi connectivity index (χ3v) is 6.24. The third-order valence-electron chi connectivity index (χ3n) is 6.24. The summed E-state index contributed by atoms with van der Waals surface area (Å²) in [7, 11) is 1.91. The molecule has 1 aliphatic rings. The largest absolute Gasteiger partial charge is 0.365 e. The molecule has 0 saturated carbocycles. The van der Waals surface area contributed by atoms with Crippen molar-refractivity contribution in [2.75, 3.05) is 36.0 Å². The predicted octanol–water partition coefficient (Wildman–Crippen LogP) is 2.48. The van der Waals surface area contributed by atoms with Gasteiger partial charge in [-0.2, -0.15) is 10.2 Å². The van der Waals surface area contributed by atoms with Crippen molar-refractivity contribution in [1.29, 1.82) is 0 Å². The summed E-state index contributed by atoms with van der Waals surface area (Å²) in [6.07, 6.45) is 12.6. The molecule has 0 N–H and O–H groups in total. The van der Waals surface area contributed by atoms with E-state index in [1.807, 2.05) is 36.4 Å². The molecule has 0 amide bonds. The van der Waals surface area contributed by atoms with E-state index < -0.39 is 0 Å². The maximum absolute atomic E-state index is 12.5. The van der Waals surface area contributed by atoms with Crippen LogP contribution in [0.25, 0.3) is 16.6 Å².